The van der Waals surface area contributed by atoms with E-state index >= 15 is 0 Å². The van der Waals surface area contributed by atoms with Crippen molar-refractivity contribution in [3.63, 3.8) is 0 Å². The van der Waals surface area contributed by atoms with E-state index in [0.29, 0.717) is 6.07 Å². The van der Waals surface area contributed by atoms with Gasteiger partial charge in [0.1, 0.15) is 10.5 Å². The molecule has 0 spiro atoms. The average molecular weight is 274 g/mol. The van der Waals surface area contributed by atoms with Gasteiger partial charge in [-0.05, 0) is 12.1 Å². The van der Waals surface area contributed by atoms with E-state index in [2.05, 4.69) is 0 Å². The van der Waals surface area contributed by atoms with Gasteiger partial charge in [0.2, 0.25) is 0 Å². The molecule has 1 rings (SSSR count). The van der Waals surface area contributed by atoms with Crippen LogP contribution in [0.15, 0.2) is 17.0 Å². The van der Waals surface area contributed by atoms with Gasteiger partial charge in [-0.15, -0.1) is 0 Å². The fraction of sp³-hybridized carbons (Fsp3) is 0. The molecular weight excluding hydrogens is 267 g/mol. The quantitative estimate of drug-likeness (QED) is 0.321. The molecule has 0 amide bonds. The summed E-state index contributed by atoms with van der Waals surface area (Å²) in [6, 6.07) is 1.42. The molecule has 16 heavy (non-hydrogen) atoms. The van der Waals surface area contributed by atoms with E-state index in [9.17, 15) is 13.2 Å². The molecule has 9 heteroatoms. The molecule has 0 bridgehead atoms. The zero-order valence-corrected chi connectivity index (χ0v) is 7.89. The van der Waals surface area contributed by atoms with Gasteiger partial charge in [-0.3, -0.25) is 4.55 Å². The Bertz CT molecular complexity index is 522. The molecular formula is C7H7KO7S. The van der Waals surface area contributed by atoms with Crippen molar-refractivity contribution >= 4 is 67.5 Å². The monoisotopic (exact) mass is 274 g/mol. The molecule has 0 aliphatic carbocycles. The average Bonchev–Trinajstić information content (AvgIpc) is 2.06. The molecule has 84 valence electrons. The summed E-state index contributed by atoms with van der Waals surface area (Å²) >= 11 is 0. The summed E-state index contributed by atoms with van der Waals surface area (Å²) in [6.45, 7) is 0. The second kappa shape index (κ2) is 5.45. The van der Waals surface area contributed by atoms with Gasteiger partial charge in [-0.2, -0.15) is 8.42 Å². The first-order valence-electron chi connectivity index (χ1n) is 3.51. The van der Waals surface area contributed by atoms with Crippen molar-refractivity contribution in [3.05, 3.63) is 17.7 Å². The summed E-state index contributed by atoms with van der Waals surface area (Å²) in [6.07, 6.45) is 0. The molecule has 0 heterocycles. The molecule has 0 aliphatic heterocycles. The van der Waals surface area contributed by atoms with Crippen LogP contribution < -0.4 is 0 Å². The molecule has 0 saturated heterocycles. The Balaban J connectivity index is 0.00000225. The third-order valence-electron chi connectivity index (χ3n) is 1.62. The van der Waals surface area contributed by atoms with Crippen molar-refractivity contribution in [3.8, 4) is 11.5 Å². The summed E-state index contributed by atoms with van der Waals surface area (Å²) < 4.78 is 29.8. The maximum atomic E-state index is 10.6. The van der Waals surface area contributed by atoms with Gasteiger partial charge in [-0.1, -0.05) is 0 Å². The van der Waals surface area contributed by atoms with E-state index in [4.69, 9.17) is 19.9 Å². The fourth-order valence-corrected chi connectivity index (χ4v) is 1.52. The summed E-state index contributed by atoms with van der Waals surface area (Å²) in [5, 5.41) is 26.7. The van der Waals surface area contributed by atoms with E-state index in [1.54, 1.807) is 0 Å². The number of benzene rings is 1. The predicted octanol–water partition coefficient (Wildman–Crippen LogP) is -0.606. The van der Waals surface area contributed by atoms with Crippen LogP contribution in [0.1, 0.15) is 10.4 Å². The predicted molar refractivity (Wildman–Crippen MR) is 53.7 cm³/mol. The molecule has 0 atom stereocenters. The second-order valence-electron chi connectivity index (χ2n) is 2.59. The van der Waals surface area contributed by atoms with Gasteiger partial charge in [0.25, 0.3) is 10.1 Å². The normalized spacial score (nSPS) is 10.6. The Kier molecular flexibility index (Phi) is 5.39. The van der Waals surface area contributed by atoms with Crippen molar-refractivity contribution in [2.45, 2.75) is 4.90 Å². The van der Waals surface area contributed by atoms with E-state index in [-0.39, 0.29) is 51.4 Å². The molecule has 0 unspecified atom stereocenters. The van der Waals surface area contributed by atoms with E-state index in [0.717, 1.165) is 6.07 Å². The number of aromatic hydroxyl groups is 2. The van der Waals surface area contributed by atoms with Gasteiger partial charge in [0.05, 0.1) is 0 Å². The van der Waals surface area contributed by atoms with Crippen molar-refractivity contribution in [1.29, 1.82) is 0 Å². The van der Waals surface area contributed by atoms with Crippen LogP contribution in [0.25, 0.3) is 0 Å². The third-order valence-corrected chi connectivity index (χ3v) is 2.51. The zero-order valence-electron chi connectivity index (χ0n) is 7.08. The van der Waals surface area contributed by atoms with Gasteiger partial charge in [0, 0.05) is 0 Å². The Hall–Kier alpha value is -0.164. The number of phenols is 2. The molecule has 4 N–H and O–H groups in total. The summed E-state index contributed by atoms with van der Waals surface area (Å²) in [5.41, 5.74) is -0.667. The van der Waals surface area contributed by atoms with E-state index in [1.807, 2.05) is 0 Å². The molecule has 0 aliphatic rings. The van der Waals surface area contributed by atoms with E-state index < -0.39 is 38.0 Å². The Morgan fingerprint density at radius 2 is 1.62 bits per heavy atom. The number of carboxylic acid groups (broad SMARTS) is 1. The first kappa shape index (κ1) is 15.8. The molecule has 7 nitrogen and oxygen atoms in total. The number of hydrogen-bond donors (Lipinski definition) is 4. The van der Waals surface area contributed by atoms with E-state index in [1.165, 1.54) is 0 Å². The first-order chi connectivity index (χ1) is 6.75. The van der Waals surface area contributed by atoms with Crippen LogP contribution in [-0.2, 0) is 10.1 Å². The van der Waals surface area contributed by atoms with Crippen molar-refractivity contribution in [2.24, 2.45) is 0 Å². The number of hydrogen-bond acceptors (Lipinski definition) is 5. The molecule has 0 radical (unpaired) electrons. The number of aromatic carboxylic acids is 1. The van der Waals surface area contributed by atoms with Crippen LogP contribution in [0.3, 0.4) is 0 Å². The van der Waals surface area contributed by atoms with Crippen molar-refractivity contribution in [1.82, 2.24) is 0 Å². The molecule has 0 fully saturated rings. The number of carbonyl (C=O) groups is 1. The first-order valence-corrected chi connectivity index (χ1v) is 4.95. The number of rotatable bonds is 2. The zero-order chi connectivity index (χ0) is 11.8. The van der Waals surface area contributed by atoms with Gasteiger partial charge in [0.15, 0.2) is 11.5 Å². The van der Waals surface area contributed by atoms with Crippen molar-refractivity contribution < 1.29 is 33.1 Å². The van der Waals surface area contributed by atoms with Crippen LogP contribution in [-0.4, -0.2) is 85.6 Å². The van der Waals surface area contributed by atoms with Crippen LogP contribution >= 0.6 is 0 Å². The fourth-order valence-electron chi connectivity index (χ4n) is 0.942. The Labute approximate surface area is 133 Å². The SMILES string of the molecule is O=C(O)c1ccc(S(=O)(=O)O)c(O)c1O.[KH]. The van der Waals surface area contributed by atoms with Crippen LogP contribution in [0.2, 0.25) is 0 Å². The second-order valence-corrected chi connectivity index (χ2v) is 3.98. The Morgan fingerprint density at radius 1 is 1.12 bits per heavy atom. The van der Waals surface area contributed by atoms with Crippen LogP contribution in [0, 0.1) is 0 Å². The van der Waals surface area contributed by atoms with Gasteiger partial charge in [-0.25, -0.2) is 4.79 Å². The molecule has 1 aromatic carbocycles. The van der Waals surface area contributed by atoms with Crippen molar-refractivity contribution in [2.75, 3.05) is 0 Å². The summed E-state index contributed by atoms with van der Waals surface area (Å²) in [5.74, 6) is -3.85. The standard InChI is InChI=1S/C7H6O7S.K.H/c8-5-3(7(10)11)1-2-4(6(5)9)15(12,13)14;;/h1-2,8-9H,(H,10,11)(H,12,13,14);;. The summed E-state index contributed by atoms with van der Waals surface area (Å²) in [4.78, 5) is 9.50. The maximum absolute atomic E-state index is 10.6. The third kappa shape index (κ3) is 3.17. The topological polar surface area (TPSA) is 132 Å². The minimum atomic E-state index is -4.70. The minimum absolute atomic E-state index is 0. The molecule has 1 aromatic rings. The van der Waals surface area contributed by atoms with Crippen LogP contribution in [0.4, 0.5) is 0 Å². The Morgan fingerprint density at radius 3 is 2.00 bits per heavy atom. The number of phenolic OH excluding ortho intramolecular Hbond substituents is 1. The van der Waals surface area contributed by atoms with Gasteiger partial charge < -0.3 is 15.3 Å². The van der Waals surface area contributed by atoms with Gasteiger partial charge >= 0.3 is 57.4 Å². The molecule has 0 saturated carbocycles. The number of carboxylic acids is 1. The molecule has 0 aromatic heterocycles. The summed E-state index contributed by atoms with van der Waals surface area (Å²) in [7, 11) is -4.70. The van der Waals surface area contributed by atoms with Crippen LogP contribution in [0.5, 0.6) is 11.5 Å².